The quantitative estimate of drug-likeness (QED) is 0.198. The first-order chi connectivity index (χ1) is 20.8. The molecule has 0 radical (unpaired) electrons. The molecule has 3 aromatic carbocycles. The minimum atomic E-state index is -1.26. The predicted octanol–water partition coefficient (Wildman–Crippen LogP) is 4.83. The molecule has 1 saturated heterocycles. The maximum Gasteiger partial charge on any atom is 0.328 e. The van der Waals surface area contributed by atoms with Crippen LogP contribution >= 0.6 is 0 Å². The number of halogens is 1. The Morgan fingerprint density at radius 1 is 0.907 bits per heavy atom. The summed E-state index contributed by atoms with van der Waals surface area (Å²) in [6.07, 6.45) is 3.17. The summed E-state index contributed by atoms with van der Waals surface area (Å²) in [6.45, 7) is 4.41. The largest absolute Gasteiger partial charge is 0.478 e. The minimum absolute atomic E-state index is 0.157. The molecule has 0 atom stereocenters. The molecule has 1 amide bonds. The van der Waals surface area contributed by atoms with E-state index in [1.54, 1.807) is 12.1 Å². The maximum absolute atomic E-state index is 13.5. The number of hydrogen-bond acceptors (Lipinski definition) is 6. The van der Waals surface area contributed by atoms with Gasteiger partial charge in [-0.1, -0.05) is 65.8 Å². The highest BCUT2D eigenvalue weighted by Crippen LogP contribution is 2.26. The van der Waals surface area contributed by atoms with E-state index in [1.807, 2.05) is 59.5 Å². The van der Waals surface area contributed by atoms with Crippen molar-refractivity contribution in [3.63, 3.8) is 0 Å². The molecule has 0 unspecified atom stereocenters. The molecule has 0 aliphatic carbocycles. The lowest BCUT2D eigenvalue weighted by Gasteiger charge is -2.34. The molecule has 43 heavy (non-hydrogen) atoms. The number of amides is 1. The van der Waals surface area contributed by atoms with E-state index in [2.05, 4.69) is 10.1 Å². The van der Waals surface area contributed by atoms with Gasteiger partial charge in [-0.2, -0.15) is 0 Å². The fourth-order valence-corrected chi connectivity index (χ4v) is 5.03. The topological polar surface area (TPSA) is 120 Å². The summed E-state index contributed by atoms with van der Waals surface area (Å²) in [7, 11) is 0. The number of benzene rings is 3. The van der Waals surface area contributed by atoms with E-state index in [9.17, 15) is 18.8 Å². The van der Waals surface area contributed by atoms with Crippen molar-refractivity contribution >= 4 is 23.6 Å². The van der Waals surface area contributed by atoms with Crippen molar-refractivity contribution in [1.29, 1.82) is 0 Å². The lowest BCUT2D eigenvalue weighted by atomic mass is 9.95. The van der Waals surface area contributed by atoms with E-state index in [0.717, 1.165) is 67.0 Å². The first-order valence-electron chi connectivity index (χ1n) is 14.0. The molecule has 2 aliphatic heterocycles. The van der Waals surface area contributed by atoms with E-state index in [1.165, 1.54) is 12.1 Å². The van der Waals surface area contributed by atoms with E-state index in [0.29, 0.717) is 31.2 Å². The second-order valence-electron chi connectivity index (χ2n) is 10.4. The number of fused-ring (bicyclic) bond motifs is 1. The summed E-state index contributed by atoms with van der Waals surface area (Å²) in [5, 5.41) is 20.1. The molecule has 3 aromatic rings. The number of rotatable bonds is 10. The molecule has 0 aromatic heterocycles. The Balaban J connectivity index is 0.000000467. The number of likely N-dealkylation sites (tertiary alicyclic amines) is 1. The first-order valence-corrected chi connectivity index (χ1v) is 14.0. The van der Waals surface area contributed by atoms with Crippen molar-refractivity contribution in [1.82, 2.24) is 9.80 Å². The minimum Gasteiger partial charge on any atom is -0.478 e. The van der Waals surface area contributed by atoms with Crippen LogP contribution in [0.3, 0.4) is 0 Å². The number of nitrogens with zero attached hydrogens (tertiary/aromatic N) is 3. The van der Waals surface area contributed by atoms with Gasteiger partial charge in [0.15, 0.2) is 0 Å². The van der Waals surface area contributed by atoms with E-state index < -0.39 is 11.9 Å². The van der Waals surface area contributed by atoms with Gasteiger partial charge in [0.05, 0.1) is 0 Å². The van der Waals surface area contributed by atoms with Gasteiger partial charge in [0.2, 0.25) is 0 Å². The fraction of sp³-hybridized carbons (Fsp3) is 0.273. The smallest absolute Gasteiger partial charge is 0.328 e. The van der Waals surface area contributed by atoms with Crippen LogP contribution in [0.25, 0.3) is 0 Å². The lowest BCUT2D eigenvalue weighted by Crippen LogP contribution is -2.41. The van der Waals surface area contributed by atoms with E-state index >= 15 is 0 Å². The molecular weight excluding hydrogens is 553 g/mol. The molecular formula is C33H34FN3O6. The van der Waals surface area contributed by atoms with Gasteiger partial charge < -0.3 is 20.0 Å². The molecule has 2 heterocycles. The summed E-state index contributed by atoms with van der Waals surface area (Å²) >= 11 is 0. The summed E-state index contributed by atoms with van der Waals surface area (Å²) in [4.78, 5) is 41.9. The second kappa shape index (κ2) is 15.4. The van der Waals surface area contributed by atoms with E-state index in [-0.39, 0.29) is 11.7 Å². The van der Waals surface area contributed by atoms with Gasteiger partial charge >= 0.3 is 11.9 Å². The third kappa shape index (κ3) is 9.61. The Morgan fingerprint density at radius 3 is 2.16 bits per heavy atom. The van der Waals surface area contributed by atoms with Gasteiger partial charge in [-0.3, -0.25) is 9.69 Å². The number of carbonyl (C=O) groups is 3. The van der Waals surface area contributed by atoms with Crippen molar-refractivity contribution in [3.05, 3.63) is 119 Å². The van der Waals surface area contributed by atoms with Crippen molar-refractivity contribution < 1.29 is 33.8 Å². The van der Waals surface area contributed by atoms with Gasteiger partial charge in [0.25, 0.3) is 5.91 Å². The summed E-state index contributed by atoms with van der Waals surface area (Å²) in [5.74, 6) is -2.13. The molecule has 0 spiro atoms. The summed E-state index contributed by atoms with van der Waals surface area (Å²) in [6, 6.07) is 24.2. The Labute approximate surface area is 249 Å². The number of oxime groups is 1. The Morgan fingerprint density at radius 2 is 1.53 bits per heavy atom. The third-order valence-electron chi connectivity index (χ3n) is 7.25. The molecule has 5 rings (SSSR count). The Bertz CT molecular complexity index is 1430. The van der Waals surface area contributed by atoms with Crippen molar-refractivity contribution in [2.45, 2.75) is 26.0 Å². The number of piperidine rings is 1. The summed E-state index contributed by atoms with van der Waals surface area (Å²) in [5.41, 5.74) is 4.69. The number of carboxylic acid groups (broad SMARTS) is 2. The third-order valence-corrected chi connectivity index (χ3v) is 7.25. The highest BCUT2D eigenvalue weighted by Gasteiger charge is 2.30. The van der Waals surface area contributed by atoms with Crippen molar-refractivity contribution in [3.8, 4) is 0 Å². The molecule has 224 valence electrons. The molecule has 9 nitrogen and oxygen atoms in total. The molecule has 0 bridgehead atoms. The molecule has 2 N–H and O–H groups in total. The zero-order valence-corrected chi connectivity index (χ0v) is 23.6. The van der Waals surface area contributed by atoms with Crippen LogP contribution in [-0.4, -0.2) is 69.7 Å². The van der Waals surface area contributed by atoms with Crippen LogP contribution in [0.15, 0.2) is 96.2 Å². The average molecular weight is 588 g/mol. The van der Waals surface area contributed by atoms with Crippen LogP contribution in [0.1, 0.15) is 39.9 Å². The molecule has 2 aliphatic rings. The number of carbonyl (C=O) groups excluding carboxylic acids is 1. The van der Waals surface area contributed by atoms with Gasteiger partial charge in [-0.15, -0.1) is 0 Å². The van der Waals surface area contributed by atoms with Crippen molar-refractivity contribution in [2.24, 2.45) is 11.1 Å². The van der Waals surface area contributed by atoms with Crippen LogP contribution in [0.5, 0.6) is 0 Å². The zero-order valence-electron chi connectivity index (χ0n) is 23.6. The van der Waals surface area contributed by atoms with Gasteiger partial charge in [0, 0.05) is 42.9 Å². The Kier molecular flexibility index (Phi) is 11.2. The summed E-state index contributed by atoms with van der Waals surface area (Å²) < 4.78 is 13.5. The number of carboxylic acids is 2. The molecule has 0 saturated carbocycles. The van der Waals surface area contributed by atoms with E-state index in [4.69, 9.17) is 15.1 Å². The predicted molar refractivity (Wildman–Crippen MR) is 159 cm³/mol. The standard InChI is InChI=1S/C29H30FN3O2.C4H4O4/c30-26-12-10-24(11-13-26)28(31-35-21-23-6-2-1-3-7-23)20-32-16-14-22(15-17-32)18-33-19-25-8-4-5-9-27(25)29(33)34;5-3(6)1-2-4(7)8/h1-13,22H,14-21H2;1-2H,(H,5,6)(H,7,8)/b31-28+;2-1+. The van der Waals surface area contributed by atoms with Crippen molar-refractivity contribution in [2.75, 3.05) is 26.2 Å². The fourth-order valence-electron chi connectivity index (χ4n) is 5.03. The first kappa shape index (κ1) is 31.1. The van der Waals surface area contributed by atoms with Crippen LogP contribution in [0.2, 0.25) is 0 Å². The normalized spacial score (nSPS) is 15.6. The van der Waals surface area contributed by atoms with Gasteiger partial charge in [0.1, 0.15) is 18.1 Å². The SMILES string of the molecule is O=C(O)/C=C/C(=O)O.O=C1c2ccccc2CN1CC1CCN(C/C(=N\OCc2ccccc2)c2ccc(F)cc2)CC1. The zero-order chi connectivity index (χ0) is 30.6. The molecule has 1 fully saturated rings. The monoisotopic (exact) mass is 587 g/mol. The van der Waals surface area contributed by atoms with Gasteiger partial charge in [-0.05, 0) is 61.2 Å². The van der Waals surface area contributed by atoms with Crippen LogP contribution < -0.4 is 0 Å². The lowest BCUT2D eigenvalue weighted by molar-refractivity contribution is -0.134. The number of aliphatic carboxylic acids is 2. The van der Waals surface area contributed by atoms with Crippen LogP contribution in [0.4, 0.5) is 4.39 Å². The highest BCUT2D eigenvalue weighted by molar-refractivity contribution is 6.01. The van der Waals surface area contributed by atoms with Crippen LogP contribution in [0, 0.1) is 11.7 Å². The second-order valence-corrected chi connectivity index (χ2v) is 10.4. The maximum atomic E-state index is 13.5. The molecule has 10 heteroatoms. The average Bonchev–Trinajstić information content (AvgIpc) is 3.32. The van der Waals surface area contributed by atoms with Gasteiger partial charge in [-0.25, -0.2) is 14.0 Å². The number of hydrogen-bond donors (Lipinski definition) is 2. The highest BCUT2D eigenvalue weighted by atomic mass is 19.1. The Hall–Kier alpha value is -4.83. The van der Waals surface area contributed by atoms with Crippen LogP contribution in [-0.2, 0) is 27.6 Å².